The molecule has 2 heteroatoms. The van der Waals surface area contributed by atoms with Gasteiger partial charge in [0.2, 0.25) is 0 Å². The molecule has 0 aromatic rings. The Morgan fingerprint density at radius 1 is 1.67 bits per heavy atom. The maximum atomic E-state index is 5.45. The van der Waals surface area contributed by atoms with Crippen molar-refractivity contribution in [2.24, 2.45) is 5.73 Å². The zero-order valence-corrected chi connectivity index (χ0v) is 6.11. The molecular weight excluding hydrogens is 112 g/mol. The molecule has 0 aromatic heterocycles. The highest BCUT2D eigenvalue weighted by Crippen LogP contribution is 2.20. The van der Waals surface area contributed by atoms with Gasteiger partial charge >= 0.3 is 0 Å². The Kier molecular flexibility index (Phi) is 2.09. The van der Waals surface area contributed by atoms with Crippen LogP contribution in [0.25, 0.3) is 0 Å². The third-order valence-electron chi connectivity index (χ3n) is 2.15. The minimum absolute atomic E-state index is 0.370. The van der Waals surface area contributed by atoms with Gasteiger partial charge in [0.05, 0.1) is 0 Å². The van der Waals surface area contributed by atoms with Crippen molar-refractivity contribution >= 4 is 0 Å². The molecule has 1 aliphatic heterocycles. The van der Waals surface area contributed by atoms with Crippen LogP contribution in [0, 0.1) is 0 Å². The first-order valence-electron chi connectivity index (χ1n) is 3.72. The number of nitrogens with two attached hydrogens (primary N) is 1. The number of nitrogens with one attached hydrogen (secondary N) is 1. The maximum absolute atomic E-state index is 5.45. The van der Waals surface area contributed by atoms with Crippen LogP contribution in [0.15, 0.2) is 0 Å². The largest absolute Gasteiger partial charge is 0.330 e. The summed E-state index contributed by atoms with van der Waals surface area (Å²) in [6.07, 6.45) is 3.73. The molecule has 0 aromatic carbocycles. The van der Waals surface area contributed by atoms with Crippen LogP contribution >= 0.6 is 0 Å². The highest BCUT2D eigenvalue weighted by Gasteiger charge is 2.26. The van der Waals surface area contributed by atoms with Crippen molar-refractivity contribution in [3.8, 4) is 0 Å². The lowest BCUT2D eigenvalue weighted by Gasteiger charge is -2.22. The average Bonchev–Trinajstić information content (AvgIpc) is 2.16. The lowest BCUT2D eigenvalue weighted by Crippen LogP contribution is -2.37. The molecule has 1 rings (SSSR count). The van der Waals surface area contributed by atoms with Crippen molar-refractivity contribution < 1.29 is 0 Å². The van der Waals surface area contributed by atoms with E-state index in [4.69, 9.17) is 5.73 Å². The second kappa shape index (κ2) is 2.67. The molecular formula is C7H16N2. The van der Waals surface area contributed by atoms with Gasteiger partial charge in [0, 0.05) is 5.54 Å². The topological polar surface area (TPSA) is 38.0 Å². The molecule has 0 aliphatic carbocycles. The summed E-state index contributed by atoms with van der Waals surface area (Å²) in [7, 11) is 0. The van der Waals surface area contributed by atoms with E-state index in [0.717, 1.165) is 13.0 Å². The summed E-state index contributed by atoms with van der Waals surface area (Å²) in [4.78, 5) is 0. The Morgan fingerprint density at radius 2 is 2.44 bits per heavy atom. The Bertz CT molecular complexity index is 84.9. The fraction of sp³-hybridized carbons (Fsp3) is 1.00. The lowest BCUT2D eigenvalue weighted by atomic mass is 9.96. The highest BCUT2D eigenvalue weighted by molar-refractivity contribution is 4.88. The average molecular weight is 128 g/mol. The molecule has 54 valence electrons. The number of hydrogen-bond donors (Lipinski definition) is 2. The predicted molar refractivity (Wildman–Crippen MR) is 39.3 cm³/mol. The molecule has 0 bridgehead atoms. The maximum Gasteiger partial charge on any atom is 0.0165 e. The third-order valence-corrected chi connectivity index (χ3v) is 2.15. The monoisotopic (exact) mass is 128 g/mol. The zero-order chi connectivity index (χ0) is 6.74. The first-order valence-corrected chi connectivity index (χ1v) is 3.72. The van der Waals surface area contributed by atoms with Crippen molar-refractivity contribution in [3.63, 3.8) is 0 Å². The van der Waals surface area contributed by atoms with Crippen molar-refractivity contribution in [3.05, 3.63) is 0 Å². The number of hydrogen-bond acceptors (Lipinski definition) is 2. The number of rotatable bonds is 2. The van der Waals surface area contributed by atoms with E-state index in [-0.39, 0.29) is 0 Å². The van der Waals surface area contributed by atoms with Crippen LogP contribution in [0.2, 0.25) is 0 Å². The molecule has 1 fully saturated rings. The molecule has 0 amide bonds. The van der Waals surface area contributed by atoms with Crippen LogP contribution in [0.3, 0.4) is 0 Å². The molecule has 0 radical (unpaired) electrons. The summed E-state index contributed by atoms with van der Waals surface area (Å²) in [6.45, 7) is 4.24. The van der Waals surface area contributed by atoms with Gasteiger partial charge in [-0.15, -0.1) is 0 Å². The minimum atomic E-state index is 0.370. The van der Waals surface area contributed by atoms with Crippen LogP contribution in [-0.4, -0.2) is 18.6 Å². The quantitative estimate of drug-likeness (QED) is 0.567. The van der Waals surface area contributed by atoms with E-state index in [1.54, 1.807) is 0 Å². The standard InChI is InChI=1S/C7H16N2/c1-7(4-5-8)3-2-6-9-7/h9H,2-6,8H2,1H3. The summed E-state index contributed by atoms with van der Waals surface area (Å²) in [5.74, 6) is 0. The van der Waals surface area contributed by atoms with Gasteiger partial charge in [0.15, 0.2) is 0 Å². The fourth-order valence-corrected chi connectivity index (χ4v) is 1.49. The molecule has 3 N–H and O–H groups in total. The smallest absolute Gasteiger partial charge is 0.0165 e. The molecule has 2 nitrogen and oxygen atoms in total. The van der Waals surface area contributed by atoms with Crippen molar-refractivity contribution in [1.29, 1.82) is 0 Å². The second-order valence-electron chi connectivity index (χ2n) is 3.13. The minimum Gasteiger partial charge on any atom is -0.330 e. The SMILES string of the molecule is CC1(CCN)CCCN1. The Morgan fingerprint density at radius 3 is 2.89 bits per heavy atom. The van der Waals surface area contributed by atoms with Crippen LogP contribution in [0.5, 0.6) is 0 Å². The Labute approximate surface area is 56.8 Å². The highest BCUT2D eigenvalue weighted by atomic mass is 15.0. The Hall–Kier alpha value is -0.0800. The third kappa shape index (κ3) is 1.66. The summed E-state index contributed by atoms with van der Waals surface area (Å²) in [5.41, 5.74) is 5.82. The second-order valence-corrected chi connectivity index (χ2v) is 3.13. The predicted octanol–water partition coefficient (Wildman–Crippen LogP) is 0.477. The van der Waals surface area contributed by atoms with Crippen LogP contribution in [0.4, 0.5) is 0 Å². The Balaban J connectivity index is 2.32. The van der Waals surface area contributed by atoms with Gasteiger partial charge in [0.1, 0.15) is 0 Å². The van der Waals surface area contributed by atoms with Crippen molar-refractivity contribution in [1.82, 2.24) is 5.32 Å². The van der Waals surface area contributed by atoms with E-state index in [9.17, 15) is 0 Å². The lowest BCUT2D eigenvalue weighted by molar-refractivity contribution is 0.390. The van der Waals surface area contributed by atoms with Gasteiger partial charge in [-0.3, -0.25) is 0 Å². The molecule has 9 heavy (non-hydrogen) atoms. The van der Waals surface area contributed by atoms with E-state index in [2.05, 4.69) is 12.2 Å². The van der Waals surface area contributed by atoms with Gasteiger partial charge < -0.3 is 11.1 Å². The van der Waals surface area contributed by atoms with Crippen molar-refractivity contribution in [2.75, 3.05) is 13.1 Å². The van der Waals surface area contributed by atoms with Gasteiger partial charge in [-0.05, 0) is 39.3 Å². The van der Waals surface area contributed by atoms with E-state index in [1.807, 2.05) is 0 Å². The summed E-state index contributed by atoms with van der Waals surface area (Å²) >= 11 is 0. The summed E-state index contributed by atoms with van der Waals surface area (Å²) in [5, 5.41) is 3.45. The van der Waals surface area contributed by atoms with E-state index < -0.39 is 0 Å². The van der Waals surface area contributed by atoms with Crippen molar-refractivity contribution in [2.45, 2.75) is 31.7 Å². The molecule has 0 saturated carbocycles. The zero-order valence-electron chi connectivity index (χ0n) is 6.11. The molecule has 1 saturated heterocycles. The van der Waals surface area contributed by atoms with E-state index >= 15 is 0 Å². The van der Waals surface area contributed by atoms with Crippen LogP contribution in [0.1, 0.15) is 26.2 Å². The van der Waals surface area contributed by atoms with Crippen LogP contribution < -0.4 is 11.1 Å². The van der Waals surface area contributed by atoms with Gasteiger partial charge in [-0.25, -0.2) is 0 Å². The molecule has 1 atom stereocenters. The van der Waals surface area contributed by atoms with E-state index in [1.165, 1.54) is 19.4 Å². The molecule has 1 heterocycles. The first-order chi connectivity index (χ1) is 4.27. The van der Waals surface area contributed by atoms with Gasteiger partial charge in [0.25, 0.3) is 0 Å². The van der Waals surface area contributed by atoms with Crippen LogP contribution in [-0.2, 0) is 0 Å². The summed E-state index contributed by atoms with van der Waals surface area (Å²) in [6, 6.07) is 0. The van der Waals surface area contributed by atoms with Gasteiger partial charge in [-0.1, -0.05) is 0 Å². The summed E-state index contributed by atoms with van der Waals surface area (Å²) < 4.78 is 0. The molecule has 1 aliphatic rings. The van der Waals surface area contributed by atoms with Gasteiger partial charge in [-0.2, -0.15) is 0 Å². The van der Waals surface area contributed by atoms with E-state index in [0.29, 0.717) is 5.54 Å². The first kappa shape index (κ1) is 7.03. The fourth-order valence-electron chi connectivity index (χ4n) is 1.49. The molecule has 1 unspecified atom stereocenters. The molecule has 0 spiro atoms. The normalized spacial score (nSPS) is 35.3.